The molecule has 0 aliphatic heterocycles. The zero-order chi connectivity index (χ0) is 19.5. The maximum absolute atomic E-state index is 11.0. The van der Waals surface area contributed by atoms with Gasteiger partial charge in [0.25, 0.3) is 0 Å². The van der Waals surface area contributed by atoms with Crippen LogP contribution in [0.25, 0.3) is 0 Å². The van der Waals surface area contributed by atoms with Crippen molar-refractivity contribution in [1.29, 1.82) is 0 Å². The fourth-order valence-corrected chi connectivity index (χ4v) is 4.24. The third-order valence-corrected chi connectivity index (χ3v) is 6.15. The Labute approximate surface area is 159 Å². The highest BCUT2D eigenvalue weighted by Gasteiger charge is 2.32. The van der Waals surface area contributed by atoms with Crippen molar-refractivity contribution in [3.8, 4) is 0 Å². The molecule has 1 aliphatic carbocycles. The fourth-order valence-electron chi connectivity index (χ4n) is 4.24. The molecule has 0 aromatic carbocycles. The van der Waals surface area contributed by atoms with Crippen LogP contribution in [-0.2, 0) is 4.79 Å². The highest BCUT2D eigenvalue weighted by molar-refractivity contribution is 5.69. The van der Waals surface area contributed by atoms with Gasteiger partial charge in [-0.1, -0.05) is 58.6 Å². The van der Waals surface area contributed by atoms with E-state index in [0.717, 1.165) is 57.8 Å². The lowest BCUT2D eigenvalue weighted by Gasteiger charge is -2.21. The number of aliphatic hydroxyl groups is 2. The first-order chi connectivity index (χ1) is 12.4. The highest BCUT2D eigenvalue weighted by atomic mass is 16.4. The van der Waals surface area contributed by atoms with Crippen molar-refractivity contribution in [2.75, 3.05) is 0 Å². The van der Waals surface area contributed by atoms with Gasteiger partial charge in [0.1, 0.15) is 0 Å². The van der Waals surface area contributed by atoms with Gasteiger partial charge in [0.05, 0.1) is 18.1 Å². The number of carboxylic acids is 1. The van der Waals surface area contributed by atoms with Crippen LogP contribution in [0.5, 0.6) is 0 Å². The third kappa shape index (κ3) is 7.79. The van der Waals surface area contributed by atoms with Gasteiger partial charge in [0.15, 0.2) is 0 Å². The molecule has 0 bridgehead atoms. The van der Waals surface area contributed by atoms with Crippen molar-refractivity contribution >= 4 is 5.97 Å². The van der Waals surface area contributed by atoms with E-state index >= 15 is 0 Å². The molecule has 0 amide bonds. The van der Waals surface area contributed by atoms with E-state index in [1.165, 1.54) is 0 Å². The van der Waals surface area contributed by atoms with Crippen molar-refractivity contribution < 1.29 is 20.1 Å². The molecule has 3 unspecified atom stereocenters. The Bertz CT molecular complexity index is 420. The lowest BCUT2D eigenvalue weighted by atomic mass is 9.87. The smallest absolute Gasteiger partial charge is 0.306 e. The van der Waals surface area contributed by atoms with Crippen LogP contribution in [0.4, 0.5) is 0 Å². The maximum Gasteiger partial charge on any atom is 0.306 e. The van der Waals surface area contributed by atoms with E-state index in [4.69, 9.17) is 5.11 Å². The molecule has 6 atom stereocenters. The molecule has 0 heterocycles. The predicted octanol–water partition coefficient (Wildman–Crippen LogP) is 4.79. The van der Waals surface area contributed by atoms with Crippen molar-refractivity contribution in [2.24, 2.45) is 23.7 Å². The van der Waals surface area contributed by atoms with Gasteiger partial charge in [-0.2, -0.15) is 0 Å². The molecular formula is C22H40O4. The second-order valence-corrected chi connectivity index (χ2v) is 8.20. The van der Waals surface area contributed by atoms with Crippen LogP contribution in [0.15, 0.2) is 12.2 Å². The molecule has 0 radical (unpaired) electrons. The third-order valence-electron chi connectivity index (χ3n) is 6.15. The average Bonchev–Trinajstić information content (AvgIpc) is 2.95. The zero-order valence-electron chi connectivity index (χ0n) is 16.9. The largest absolute Gasteiger partial charge is 0.481 e. The Morgan fingerprint density at radius 3 is 2.50 bits per heavy atom. The van der Waals surface area contributed by atoms with Crippen LogP contribution in [-0.4, -0.2) is 33.5 Å². The van der Waals surface area contributed by atoms with Gasteiger partial charge in [0.2, 0.25) is 0 Å². The Hall–Kier alpha value is -0.870. The Kier molecular flexibility index (Phi) is 11.1. The number of carboxylic acid groups (broad SMARTS) is 1. The predicted molar refractivity (Wildman–Crippen MR) is 106 cm³/mol. The molecule has 26 heavy (non-hydrogen) atoms. The number of hydrogen-bond acceptors (Lipinski definition) is 3. The number of rotatable bonds is 13. The number of carbonyl (C=O) groups is 1. The number of aliphatic carboxylic acids is 1. The Morgan fingerprint density at radius 1 is 1.15 bits per heavy atom. The summed E-state index contributed by atoms with van der Waals surface area (Å²) in [6, 6.07) is 0. The Balaban J connectivity index is 2.38. The first kappa shape index (κ1) is 23.2. The van der Waals surface area contributed by atoms with E-state index in [9.17, 15) is 15.0 Å². The van der Waals surface area contributed by atoms with Gasteiger partial charge in [-0.15, -0.1) is 0 Å². The van der Waals surface area contributed by atoms with Gasteiger partial charge in [-0.25, -0.2) is 0 Å². The molecule has 4 heteroatoms. The van der Waals surface area contributed by atoms with Gasteiger partial charge in [-0.3, -0.25) is 4.79 Å². The standard InChI is InChI=1S/C22H40O4/c1-4-9-16(3)20(23)14-12-18-13-15-21(24)19(18)11-8-6-7-10-17(5-2)22(25)26/h12,14,16-21,23-24H,4-11,13,15H2,1-3H3,(H,25,26)/t16?,17?,18-,19+,20?,21-/m0/s1. The molecule has 1 fully saturated rings. The number of allylic oxidation sites excluding steroid dienone is 1. The van der Waals surface area contributed by atoms with E-state index in [1.807, 2.05) is 13.0 Å². The summed E-state index contributed by atoms with van der Waals surface area (Å²) in [6.07, 6.45) is 12.8. The second-order valence-electron chi connectivity index (χ2n) is 8.20. The molecule has 152 valence electrons. The topological polar surface area (TPSA) is 77.8 Å². The molecule has 1 rings (SSSR count). The minimum Gasteiger partial charge on any atom is -0.481 e. The summed E-state index contributed by atoms with van der Waals surface area (Å²) in [6.45, 7) is 6.15. The van der Waals surface area contributed by atoms with Crippen LogP contribution in [0.3, 0.4) is 0 Å². The molecule has 1 saturated carbocycles. The Morgan fingerprint density at radius 2 is 1.88 bits per heavy atom. The van der Waals surface area contributed by atoms with Crippen molar-refractivity contribution in [2.45, 2.75) is 97.2 Å². The van der Waals surface area contributed by atoms with Crippen molar-refractivity contribution in [3.05, 3.63) is 12.2 Å². The van der Waals surface area contributed by atoms with Gasteiger partial charge in [-0.05, 0) is 56.3 Å². The molecule has 4 nitrogen and oxygen atoms in total. The second kappa shape index (κ2) is 12.5. The number of unbranched alkanes of at least 4 members (excludes halogenated alkanes) is 2. The van der Waals surface area contributed by atoms with Crippen LogP contribution in [0, 0.1) is 23.7 Å². The van der Waals surface area contributed by atoms with Crippen LogP contribution < -0.4 is 0 Å². The van der Waals surface area contributed by atoms with E-state index in [-0.39, 0.29) is 23.9 Å². The molecule has 0 aromatic rings. The summed E-state index contributed by atoms with van der Waals surface area (Å²) < 4.78 is 0. The molecule has 0 aromatic heterocycles. The van der Waals surface area contributed by atoms with Crippen LogP contribution in [0.2, 0.25) is 0 Å². The van der Waals surface area contributed by atoms with E-state index in [1.54, 1.807) is 0 Å². The molecule has 3 N–H and O–H groups in total. The average molecular weight is 369 g/mol. The number of hydrogen-bond donors (Lipinski definition) is 3. The summed E-state index contributed by atoms with van der Waals surface area (Å²) in [4.78, 5) is 11.0. The molecule has 1 aliphatic rings. The minimum atomic E-state index is -0.681. The zero-order valence-corrected chi connectivity index (χ0v) is 16.9. The van der Waals surface area contributed by atoms with Crippen LogP contribution in [0.1, 0.15) is 85.0 Å². The lowest BCUT2D eigenvalue weighted by Crippen LogP contribution is -2.19. The van der Waals surface area contributed by atoms with E-state index in [2.05, 4.69) is 19.9 Å². The van der Waals surface area contributed by atoms with Crippen molar-refractivity contribution in [3.63, 3.8) is 0 Å². The fraction of sp³-hybridized carbons (Fsp3) is 0.864. The summed E-state index contributed by atoms with van der Waals surface area (Å²) in [7, 11) is 0. The first-order valence-corrected chi connectivity index (χ1v) is 10.7. The lowest BCUT2D eigenvalue weighted by molar-refractivity contribution is -0.142. The van der Waals surface area contributed by atoms with Gasteiger partial charge >= 0.3 is 5.97 Å². The van der Waals surface area contributed by atoms with Crippen LogP contribution >= 0.6 is 0 Å². The van der Waals surface area contributed by atoms with E-state index < -0.39 is 12.1 Å². The molecule has 0 spiro atoms. The summed E-state index contributed by atoms with van der Waals surface area (Å²) in [5, 5.41) is 29.6. The first-order valence-electron chi connectivity index (χ1n) is 10.7. The monoisotopic (exact) mass is 368 g/mol. The molecule has 0 saturated heterocycles. The SMILES string of the molecule is CCCC(C)C(O)C=C[C@H]1CC[C@H](O)[C@@H]1CCCCCC(CC)C(=O)O. The van der Waals surface area contributed by atoms with Crippen molar-refractivity contribution in [1.82, 2.24) is 0 Å². The quantitative estimate of drug-likeness (QED) is 0.323. The molecular weight excluding hydrogens is 328 g/mol. The summed E-state index contributed by atoms with van der Waals surface area (Å²) in [5.74, 6) is 0.0214. The summed E-state index contributed by atoms with van der Waals surface area (Å²) in [5.41, 5.74) is 0. The van der Waals surface area contributed by atoms with Gasteiger partial charge < -0.3 is 15.3 Å². The van der Waals surface area contributed by atoms with Gasteiger partial charge in [0, 0.05) is 0 Å². The summed E-state index contributed by atoms with van der Waals surface area (Å²) >= 11 is 0. The van der Waals surface area contributed by atoms with E-state index in [0.29, 0.717) is 12.3 Å². The highest BCUT2D eigenvalue weighted by Crippen LogP contribution is 2.37. The minimum absolute atomic E-state index is 0.214. The normalized spacial score (nSPS) is 26.9. The number of aliphatic hydroxyl groups excluding tert-OH is 2. The maximum atomic E-state index is 11.0.